The summed E-state index contributed by atoms with van der Waals surface area (Å²) in [5, 5.41) is 7.72. The lowest BCUT2D eigenvalue weighted by molar-refractivity contribution is -0.123. The van der Waals surface area contributed by atoms with Crippen LogP contribution in [0.3, 0.4) is 0 Å². The van der Waals surface area contributed by atoms with E-state index in [9.17, 15) is 9.59 Å². The lowest BCUT2D eigenvalue weighted by Gasteiger charge is -2.28. The van der Waals surface area contributed by atoms with E-state index < -0.39 is 0 Å². The molecule has 0 unspecified atom stereocenters. The number of nitrogens with zero attached hydrogens (tertiary/aromatic N) is 2. The summed E-state index contributed by atoms with van der Waals surface area (Å²) in [7, 11) is 1.76. The number of hydrogen-bond donors (Lipinski definition) is 2. The van der Waals surface area contributed by atoms with Crippen LogP contribution < -0.4 is 15.5 Å². The predicted octanol–water partition coefficient (Wildman–Crippen LogP) is 1.77. The van der Waals surface area contributed by atoms with Crippen molar-refractivity contribution in [3.63, 3.8) is 0 Å². The lowest BCUT2D eigenvalue weighted by Crippen LogP contribution is -2.38. The molecule has 0 atom stereocenters. The van der Waals surface area contributed by atoms with E-state index in [0.717, 1.165) is 42.6 Å². The molecule has 0 aliphatic carbocycles. The van der Waals surface area contributed by atoms with Gasteiger partial charge in [-0.2, -0.15) is 0 Å². The van der Waals surface area contributed by atoms with E-state index in [1.165, 1.54) is 0 Å². The van der Waals surface area contributed by atoms with E-state index in [0.29, 0.717) is 6.54 Å². The molecule has 7 nitrogen and oxygen atoms in total. The van der Waals surface area contributed by atoms with Crippen LogP contribution in [0.25, 0.3) is 0 Å². The number of morpholine rings is 1. The molecule has 28 heavy (non-hydrogen) atoms. The van der Waals surface area contributed by atoms with Crippen LogP contribution in [0.5, 0.6) is 0 Å². The van der Waals surface area contributed by atoms with E-state index in [-0.39, 0.29) is 24.9 Å². The Kier molecular flexibility index (Phi) is 7.41. The summed E-state index contributed by atoms with van der Waals surface area (Å²) >= 11 is 1.60. The van der Waals surface area contributed by atoms with Crippen LogP contribution >= 0.6 is 11.3 Å². The van der Waals surface area contributed by atoms with Gasteiger partial charge in [0.2, 0.25) is 11.8 Å². The van der Waals surface area contributed by atoms with Crippen molar-refractivity contribution in [3.8, 4) is 0 Å². The quantitative estimate of drug-likeness (QED) is 0.704. The van der Waals surface area contributed by atoms with E-state index in [4.69, 9.17) is 4.74 Å². The zero-order valence-electron chi connectivity index (χ0n) is 16.0. The van der Waals surface area contributed by atoms with Crippen molar-refractivity contribution in [1.29, 1.82) is 0 Å². The molecule has 150 valence electrons. The van der Waals surface area contributed by atoms with Crippen molar-refractivity contribution in [2.24, 2.45) is 0 Å². The number of anilines is 2. The number of benzene rings is 1. The number of carbonyl (C=O) groups is 2. The van der Waals surface area contributed by atoms with Gasteiger partial charge in [-0.15, -0.1) is 11.3 Å². The first kappa shape index (κ1) is 20.3. The molecule has 8 heteroatoms. The number of rotatable bonds is 8. The third-order valence-corrected chi connectivity index (χ3v) is 5.27. The Hall–Kier alpha value is -2.42. The van der Waals surface area contributed by atoms with Gasteiger partial charge in [0.05, 0.1) is 32.8 Å². The molecule has 0 saturated carbocycles. The molecular weight excluding hydrogens is 376 g/mol. The zero-order valence-corrected chi connectivity index (χ0v) is 16.8. The van der Waals surface area contributed by atoms with E-state index in [1.807, 2.05) is 41.8 Å². The molecule has 1 fully saturated rings. The van der Waals surface area contributed by atoms with Crippen LogP contribution in [0, 0.1) is 0 Å². The molecule has 2 heterocycles. The Bertz CT molecular complexity index is 758. The Morgan fingerprint density at radius 3 is 2.50 bits per heavy atom. The minimum Gasteiger partial charge on any atom is -0.378 e. The maximum absolute atomic E-state index is 12.2. The van der Waals surface area contributed by atoms with Gasteiger partial charge in [0.25, 0.3) is 0 Å². The summed E-state index contributed by atoms with van der Waals surface area (Å²) in [4.78, 5) is 29.3. The topological polar surface area (TPSA) is 73.9 Å². The second-order valence-corrected chi connectivity index (χ2v) is 7.76. The van der Waals surface area contributed by atoms with Gasteiger partial charge < -0.3 is 20.3 Å². The average Bonchev–Trinajstić information content (AvgIpc) is 3.21. The number of thiophene rings is 1. The molecule has 0 bridgehead atoms. The summed E-state index contributed by atoms with van der Waals surface area (Å²) in [5.41, 5.74) is 1.87. The average molecular weight is 403 g/mol. The van der Waals surface area contributed by atoms with Crippen LogP contribution in [0.15, 0.2) is 41.8 Å². The van der Waals surface area contributed by atoms with Crippen molar-refractivity contribution in [2.75, 3.05) is 56.7 Å². The lowest BCUT2D eigenvalue weighted by atomic mass is 10.2. The van der Waals surface area contributed by atoms with Crippen LogP contribution in [0.2, 0.25) is 0 Å². The maximum atomic E-state index is 12.2. The normalized spacial score (nSPS) is 14.1. The Morgan fingerprint density at radius 1 is 1.11 bits per heavy atom. The van der Waals surface area contributed by atoms with E-state index in [2.05, 4.69) is 15.5 Å². The smallest absolute Gasteiger partial charge is 0.238 e. The largest absolute Gasteiger partial charge is 0.378 e. The van der Waals surface area contributed by atoms with Gasteiger partial charge in [0, 0.05) is 29.3 Å². The van der Waals surface area contributed by atoms with Crippen molar-refractivity contribution in [1.82, 2.24) is 10.2 Å². The molecule has 0 spiro atoms. The van der Waals surface area contributed by atoms with Crippen LogP contribution in [0.4, 0.5) is 11.4 Å². The monoisotopic (exact) mass is 402 g/mol. The second kappa shape index (κ2) is 10.2. The summed E-state index contributed by atoms with van der Waals surface area (Å²) in [6.45, 7) is 4.09. The van der Waals surface area contributed by atoms with Gasteiger partial charge in [-0.3, -0.25) is 14.5 Å². The highest BCUT2D eigenvalue weighted by atomic mass is 32.1. The van der Waals surface area contributed by atoms with Crippen LogP contribution in [-0.2, 0) is 20.9 Å². The Morgan fingerprint density at radius 2 is 1.82 bits per heavy atom. The number of carbonyl (C=O) groups excluding carboxylic acids is 2. The van der Waals surface area contributed by atoms with Crippen molar-refractivity contribution in [2.45, 2.75) is 6.54 Å². The minimum absolute atomic E-state index is 0.0986. The summed E-state index contributed by atoms with van der Waals surface area (Å²) < 4.78 is 5.36. The minimum atomic E-state index is -0.146. The first-order valence-electron chi connectivity index (χ1n) is 9.30. The van der Waals surface area contributed by atoms with E-state index >= 15 is 0 Å². The second-order valence-electron chi connectivity index (χ2n) is 6.72. The zero-order chi connectivity index (χ0) is 19.8. The SMILES string of the molecule is CN(CC(=O)NCc1cccs1)CC(=O)Nc1ccc(N2CCOCC2)cc1. The molecule has 1 aromatic carbocycles. The number of ether oxygens (including phenoxy) is 1. The van der Waals surface area contributed by atoms with Gasteiger partial charge in [0.15, 0.2) is 0 Å². The van der Waals surface area contributed by atoms with Crippen LogP contribution in [-0.4, -0.2) is 63.2 Å². The maximum Gasteiger partial charge on any atom is 0.238 e. The van der Waals surface area contributed by atoms with Gasteiger partial charge in [0.1, 0.15) is 0 Å². The van der Waals surface area contributed by atoms with Gasteiger partial charge in [-0.05, 0) is 42.8 Å². The summed E-state index contributed by atoms with van der Waals surface area (Å²) in [5.74, 6) is -0.244. The number of nitrogens with one attached hydrogen (secondary N) is 2. The van der Waals surface area contributed by atoms with Crippen LogP contribution in [0.1, 0.15) is 4.88 Å². The third kappa shape index (κ3) is 6.33. The fraction of sp³-hybridized carbons (Fsp3) is 0.400. The standard InChI is InChI=1S/C20H26N4O3S/c1-23(14-19(25)21-13-18-3-2-12-28-18)15-20(26)22-16-4-6-17(7-5-16)24-8-10-27-11-9-24/h2-7,12H,8-11,13-15H2,1H3,(H,21,25)(H,22,26). The van der Waals surface area contributed by atoms with Crippen molar-refractivity contribution < 1.29 is 14.3 Å². The molecule has 1 aliphatic rings. The van der Waals surface area contributed by atoms with Gasteiger partial charge in [-0.1, -0.05) is 6.07 Å². The van der Waals surface area contributed by atoms with E-state index in [1.54, 1.807) is 23.3 Å². The highest BCUT2D eigenvalue weighted by Gasteiger charge is 2.13. The fourth-order valence-corrected chi connectivity index (χ4v) is 3.62. The molecule has 1 aromatic heterocycles. The first-order valence-corrected chi connectivity index (χ1v) is 10.2. The summed E-state index contributed by atoms with van der Waals surface area (Å²) in [6.07, 6.45) is 0. The highest BCUT2D eigenvalue weighted by molar-refractivity contribution is 7.09. The van der Waals surface area contributed by atoms with Crippen molar-refractivity contribution >= 4 is 34.5 Å². The third-order valence-electron chi connectivity index (χ3n) is 4.39. The molecular formula is C20H26N4O3S. The predicted molar refractivity (Wildman–Crippen MR) is 112 cm³/mol. The number of amides is 2. The molecule has 2 N–H and O–H groups in total. The molecule has 2 amide bonds. The fourth-order valence-electron chi connectivity index (χ4n) is 2.98. The molecule has 2 aromatic rings. The summed E-state index contributed by atoms with van der Waals surface area (Å²) in [6, 6.07) is 11.7. The Balaban J connectivity index is 1.39. The number of likely N-dealkylation sites (N-methyl/N-ethyl adjacent to an activating group) is 1. The molecule has 1 saturated heterocycles. The van der Waals surface area contributed by atoms with Gasteiger partial charge in [-0.25, -0.2) is 0 Å². The molecule has 3 rings (SSSR count). The molecule has 0 radical (unpaired) electrons. The van der Waals surface area contributed by atoms with Gasteiger partial charge >= 0.3 is 0 Å². The highest BCUT2D eigenvalue weighted by Crippen LogP contribution is 2.19. The van der Waals surface area contributed by atoms with Crippen molar-refractivity contribution in [3.05, 3.63) is 46.7 Å². The number of hydrogen-bond acceptors (Lipinski definition) is 6. The Labute approximate surface area is 169 Å². The molecule has 1 aliphatic heterocycles. The first-order chi connectivity index (χ1) is 13.6.